The molecule has 0 fully saturated rings. The number of hydrogen-bond donors (Lipinski definition) is 0. The van der Waals surface area contributed by atoms with Gasteiger partial charge >= 0.3 is 5.63 Å². The van der Waals surface area contributed by atoms with Crippen molar-refractivity contribution in [1.29, 1.82) is 0 Å². The Morgan fingerprint density at radius 1 is 1.18 bits per heavy atom. The monoisotopic (exact) mass is 312 g/mol. The van der Waals surface area contributed by atoms with E-state index in [0.29, 0.717) is 5.58 Å². The van der Waals surface area contributed by atoms with Crippen molar-refractivity contribution in [2.45, 2.75) is 30.9 Å². The average molecular weight is 312 g/mol. The molecule has 1 atom stereocenters. The average Bonchev–Trinajstić information content (AvgIpc) is 2.45. The molecule has 1 unspecified atom stereocenters. The first-order valence-electron chi connectivity index (χ1n) is 7.10. The lowest BCUT2D eigenvalue weighted by Crippen LogP contribution is -2.07. The molecule has 0 saturated heterocycles. The van der Waals surface area contributed by atoms with Gasteiger partial charge in [0.15, 0.2) is 0 Å². The van der Waals surface area contributed by atoms with Crippen LogP contribution in [0.25, 0.3) is 21.7 Å². The van der Waals surface area contributed by atoms with Crippen LogP contribution in [0, 0.1) is 6.92 Å². The van der Waals surface area contributed by atoms with Crippen molar-refractivity contribution in [3.05, 3.63) is 52.4 Å². The number of carbonyl (C=O) groups excluding carboxylic acids is 1. The maximum absolute atomic E-state index is 11.5. The van der Waals surface area contributed by atoms with Crippen molar-refractivity contribution in [1.82, 2.24) is 0 Å². The minimum atomic E-state index is -0.333. The standard InChI is InChI=1S/C18H16O3S/c1-10-8-17(20)21-16-7-5-13-4-6-14(9-15(13)18(10)16)22-12(3)11(2)19/h4-9,12H,1-3H3. The van der Waals surface area contributed by atoms with Crippen molar-refractivity contribution < 1.29 is 9.21 Å². The third-order valence-electron chi connectivity index (χ3n) is 3.78. The topological polar surface area (TPSA) is 47.3 Å². The number of fused-ring (bicyclic) bond motifs is 3. The highest BCUT2D eigenvalue weighted by atomic mass is 32.2. The lowest BCUT2D eigenvalue weighted by molar-refractivity contribution is -0.116. The van der Waals surface area contributed by atoms with Crippen LogP contribution in [0.5, 0.6) is 0 Å². The minimum Gasteiger partial charge on any atom is -0.423 e. The molecule has 3 aromatic rings. The van der Waals surface area contributed by atoms with Crippen molar-refractivity contribution in [2.75, 3.05) is 0 Å². The fourth-order valence-corrected chi connectivity index (χ4v) is 3.42. The summed E-state index contributed by atoms with van der Waals surface area (Å²) >= 11 is 1.54. The Morgan fingerprint density at radius 3 is 2.64 bits per heavy atom. The molecule has 0 amide bonds. The van der Waals surface area contributed by atoms with Gasteiger partial charge in [0.2, 0.25) is 0 Å². The van der Waals surface area contributed by atoms with E-state index in [1.165, 1.54) is 6.07 Å². The third-order valence-corrected chi connectivity index (χ3v) is 4.99. The van der Waals surface area contributed by atoms with Crippen LogP contribution in [-0.2, 0) is 4.79 Å². The molecular weight excluding hydrogens is 296 g/mol. The first kappa shape index (κ1) is 14.9. The molecule has 22 heavy (non-hydrogen) atoms. The van der Waals surface area contributed by atoms with Gasteiger partial charge in [-0.2, -0.15) is 0 Å². The summed E-state index contributed by atoms with van der Waals surface area (Å²) in [4.78, 5) is 24.0. The molecule has 112 valence electrons. The van der Waals surface area contributed by atoms with E-state index < -0.39 is 0 Å². The second kappa shape index (κ2) is 5.61. The number of rotatable bonds is 3. The molecule has 3 nitrogen and oxygen atoms in total. The van der Waals surface area contributed by atoms with Crippen LogP contribution >= 0.6 is 11.8 Å². The third kappa shape index (κ3) is 2.66. The number of aryl methyl sites for hydroxylation is 1. The number of ketones is 1. The summed E-state index contributed by atoms with van der Waals surface area (Å²) in [6.45, 7) is 5.42. The van der Waals surface area contributed by atoms with E-state index >= 15 is 0 Å². The van der Waals surface area contributed by atoms with E-state index in [2.05, 4.69) is 6.07 Å². The summed E-state index contributed by atoms with van der Waals surface area (Å²) in [6, 6.07) is 11.4. The van der Waals surface area contributed by atoms with Gasteiger partial charge in [0.1, 0.15) is 11.4 Å². The molecule has 0 saturated carbocycles. The summed E-state index contributed by atoms with van der Waals surface area (Å²) < 4.78 is 5.29. The molecule has 0 bridgehead atoms. The lowest BCUT2D eigenvalue weighted by Gasteiger charge is -2.10. The Morgan fingerprint density at radius 2 is 1.91 bits per heavy atom. The van der Waals surface area contributed by atoms with Gasteiger partial charge in [-0.15, -0.1) is 11.8 Å². The molecule has 3 rings (SSSR count). The highest BCUT2D eigenvalue weighted by Gasteiger charge is 2.11. The molecule has 0 aliphatic rings. The van der Waals surface area contributed by atoms with Crippen molar-refractivity contribution >= 4 is 39.3 Å². The molecule has 0 radical (unpaired) electrons. The fraction of sp³-hybridized carbons (Fsp3) is 0.222. The maximum atomic E-state index is 11.5. The van der Waals surface area contributed by atoms with Gasteiger partial charge in [-0.1, -0.05) is 12.1 Å². The highest BCUT2D eigenvalue weighted by molar-refractivity contribution is 8.00. The smallest absolute Gasteiger partial charge is 0.336 e. The van der Waals surface area contributed by atoms with Gasteiger partial charge in [-0.3, -0.25) is 4.79 Å². The predicted octanol–water partition coefficient (Wildman–Crippen LogP) is 4.32. The van der Waals surface area contributed by atoms with E-state index in [1.807, 2.05) is 38.1 Å². The Labute approximate surface area is 132 Å². The summed E-state index contributed by atoms with van der Waals surface area (Å²) in [5, 5.41) is 3.00. The molecule has 1 aromatic heterocycles. The van der Waals surface area contributed by atoms with Crippen molar-refractivity contribution in [3.63, 3.8) is 0 Å². The van der Waals surface area contributed by atoms with Crippen LogP contribution in [0.15, 0.2) is 50.5 Å². The van der Waals surface area contributed by atoms with E-state index in [9.17, 15) is 9.59 Å². The molecule has 2 aromatic carbocycles. The number of hydrogen-bond acceptors (Lipinski definition) is 4. The van der Waals surface area contributed by atoms with Crippen LogP contribution in [0.1, 0.15) is 19.4 Å². The van der Waals surface area contributed by atoms with Crippen LogP contribution in [0.4, 0.5) is 0 Å². The number of Topliss-reactive ketones (excluding diaryl/α,β-unsaturated/α-hetero) is 1. The number of carbonyl (C=O) groups is 1. The van der Waals surface area contributed by atoms with Gasteiger partial charge in [0.25, 0.3) is 0 Å². The molecular formula is C18H16O3S. The SMILES string of the molecule is CC(=O)C(C)Sc1ccc2ccc3oc(=O)cc(C)c3c2c1. The van der Waals surface area contributed by atoms with Crippen LogP contribution in [0.2, 0.25) is 0 Å². The van der Waals surface area contributed by atoms with Crippen LogP contribution in [0.3, 0.4) is 0 Å². The maximum Gasteiger partial charge on any atom is 0.336 e. The Hall–Kier alpha value is -2.07. The lowest BCUT2D eigenvalue weighted by atomic mass is 10.0. The normalized spacial score (nSPS) is 12.7. The van der Waals surface area contributed by atoms with Gasteiger partial charge in [-0.25, -0.2) is 4.79 Å². The Bertz CT molecular complexity index is 940. The van der Waals surface area contributed by atoms with Gasteiger partial charge in [0, 0.05) is 16.3 Å². The zero-order valence-corrected chi connectivity index (χ0v) is 13.5. The molecule has 0 aliphatic carbocycles. The summed E-state index contributed by atoms with van der Waals surface area (Å²) in [5.74, 6) is 0.158. The summed E-state index contributed by atoms with van der Waals surface area (Å²) in [6.07, 6.45) is 0. The summed E-state index contributed by atoms with van der Waals surface area (Å²) in [5.41, 5.74) is 1.16. The van der Waals surface area contributed by atoms with E-state index in [1.54, 1.807) is 18.7 Å². The second-order valence-electron chi connectivity index (χ2n) is 5.44. The van der Waals surface area contributed by atoms with Crippen molar-refractivity contribution in [3.8, 4) is 0 Å². The van der Waals surface area contributed by atoms with Gasteiger partial charge < -0.3 is 4.42 Å². The zero-order chi connectivity index (χ0) is 15.9. The zero-order valence-electron chi connectivity index (χ0n) is 12.7. The Balaban J connectivity index is 2.23. The highest BCUT2D eigenvalue weighted by Crippen LogP contribution is 2.32. The van der Waals surface area contributed by atoms with Crippen molar-refractivity contribution in [2.24, 2.45) is 0 Å². The second-order valence-corrected chi connectivity index (χ2v) is 6.86. The fourth-order valence-electron chi connectivity index (χ4n) is 2.52. The first-order chi connectivity index (χ1) is 10.5. The molecule has 0 aliphatic heterocycles. The van der Waals surface area contributed by atoms with Gasteiger partial charge in [0.05, 0.1) is 5.25 Å². The number of benzene rings is 2. The van der Waals surface area contributed by atoms with Gasteiger partial charge in [-0.05, 0) is 55.3 Å². The predicted molar refractivity (Wildman–Crippen MR) is 90.7 cm³/mol. The molecule has 1 heterocycles. The number of thioether (sulfide) groups is 1. The van der Waals surface area contributed by atoms with E-state index in [0.717, 1.165) is 26.6 Å². The van der Waals surface area contributed by atoms with E-state index in [-0.39, 0.29) is 16.7 Å². The molecule has 4 heteroatoms. The quantitative estimate of drug-likeness (QED) is 0.410. The Kier molecular flexibility index (Phi) is 3.79. The molecule has 0 N–H and O–H groups in total. The minimum absolute atomic E-state index is 0.0774. The van der Waals surface area contributed by atoms with Crippen LogP contribution < -0.4 is 5.63 Å². The summed E-state index contributed by atoms with van der Waals surface area (Å²) in [7, 11) is 0. The van der Waals surface area contributed by atoms with E-state index in [4.69, 9.17) is 4.42 Å². The van der Waals surface area contributed by atoms with Crippen LogP contribution in [-0.4, -0.2) is 11.0 Å². The first-order valence-corrected chi connectivity index (χ1v) is 7.98. The molecule has 0 spiro atoms. The largest absolute Gasteiger partial charge is 0.423 e.